The van der Waals surface area contributed by atoms with Gasteiger partial charge in [0.05, 0.1) is 0 Å². The molecule has 0 heterocycles. The first-order chi connectivity index (χ1) is 7.69. The second kappa shape index (κ2) is 6.89. The van der Waals surface area contributed by atoms with Crippen molar-refractivity contribution in [1.29, 1.82) is 0 Å². The number of rotatable bonds is 6. The Morgan fingerprint density at radius 3 is 2.69 bits per heavy atom. The van der Waals surface area contributed by atoms with E-state index >= 15 is 0 Å². The normalized spacial score (nSPS) is 29.3. The van der Waals surface area contributed by atoms with E-state index in [4.69, 9.17) is 0 Å². The molecular formula is C13H26N2O. The van der Waals surface area contributed by atoms with Crippen LogP contribution in [0.2, 0.25) is 0 Å². The summed E-state index contributed by atoms with van der Waals surface area (Å²) in [4.78, 5) is 11.7. The molecule has 0 aliphatic heterocycles. The molecule has 94 valence electrons. The molecule has 3 atom stereocenters. The average molecular weight is 226 g/mol. The van der Waals surface area contributed by atoms with Crippen LogP contribution in [0.1, 0.15) is 46.0 Å². The van der Waals surface area contributed by atoms with Crippen LogP contribution in [-0.2, 0) is 4.79 Å². The molecule has 0 aromatic carbocycles. The average Bonchev–Trinajstić information content (AvgIpc) is 2.60. The maximum Gasteiger partial charge on any atom is 0.220 e. The Bertz CT molecular complexity index is 218. The summed E-state index contributed by atoms with van der Waals surface area (Å²) in [5.74, 6) is 1.68. The minimum atomic E-state index is 0.226. The zero-order valence-electron chi connectivity index (χ0n) is 10.9. The summed E-state index contributed by atoms with van der Waals surface area (Å²) in [5.41, 5.74) is 0. The van der Waals surface area contributed by atoms with Crippen molar-refractivity contribution in [3.05, 3.63) is 0 Å². The lowest BCUT2D eigenvalue weighted by atomic mass is 9.93. The van der Waals surface area contributed by atoms with Crippen LogP contribution in [0.4, 0.5) is 0 Å². The van der Waals surface area contributed by atoms with Crippen molar-refractivity contribution in [2.75, 3.05) is 13.6 Å². The van der Waals surface area contributed by atoms with Crippen LogP contribution in [0, 0.1) is 11.8 Å². The molecule has 16 heavy (non-hydrogen) atoms. The Hall–Kier alpha value is -0.570. The molecule has 3 unspecified atom stereocenters. The Morgan fingerprint density at radius 1 is 1.38 bits per heavy atom. The highest BCUT2D eigenvalue weighted by Gasteiger charge is 2.32. The van der Waals surface area contributed by atoms with E-state index in [9.17, 15) is 4.79 Å². The third-order valence-electron chi connectivity index (χ3n) is 3.93. The number of carbonyl (C=O) groups excluding carboxylic acids is 1. The summed E-state index contributed by atoms with van der Waals surface area (Å²) in [6.07, 6.45) is 5.27. The van der Waals surface area contributed by atoms with E-state index in [0.717, 1.165) is 25.3 Å². The molecule has 1 aliphatic rings. The number of hydrogen-bond acceptors (Lipinski definition) is 2. The second-order valence-corrected chi connectivity index (χ2v) is 4.99. The Morgan fingerprint density at radius 2 is 2.12 bits per heavy atom. The Balaban J connectivity index is 2.24. The maximum atomic E-state index is 11.7. The van der Waals surface area contributed by atoms with Crippen molar-refractivity contribution < 1.29 is 4.79 Å². The number of nitrogens with one attached hydrogen (secondary N) is 2. The van der Waals surface area contributed by atoms with E-state index < -0.39 is 0 Å². The van der Waals surface area contributed by atoms with E-state index in [1.165, 1.54) is 12.8 Å². The molecule has 0 bridgehead atoms. The molecule has 3 nitrogen and oxygen atoms in total. The second-order valence-electron chi connectivity index (χ2n) is 4.99. The third-order valence-corrected chi connectivity index (χ3v) is 3.93. The predicted molar refractivity (Wildman–Crippen MR) is 67.3 cm³/mol. The summed E-state index contributed by atoms with van der Waals surface area (Å²) in [6, 6.07) is 0.423. The minimum absolute atomic E-state index is 0.226. The van der Waals surface area contributed by atoms with Gasteiger partial charge in [-0.05, 0) is 44.7 Å². The zero-order chi connectivity index (χ0) is 12.0. The molecule has 1 aliphatic carbocycles. The van der Waals surface area contributed by atoms with Crippen molar-refractivity contribution in [3.8, 4) is 0 Å². The van der Waals surface area contributed by atoms with E-state index in [-0.39, 0.29) is 5.91 Å². The number of hydrogen-bond donors (Lipinski definition) is 2. The van der Waals surface area contributed by atoms with Gasteiger partial charge in [-0.15, -0.1) is 0 Å². The van der Waals surface area contributed by atoms with Gasteiger partial charge in [0, 0.05) is 12.5 Å². The molecular weight excluding hydrogens is 200 g/mol. The van der Waals surface area contributed by atoms with Crippen LogP contribution in [0.5, 0.6) is 0 Å². The molecule has 1 rings (SSSR count). The van der Waals surface area contributed by atoms with Crippen LogP contribution in [-0.4, -0.2) is 25.5 Å². The van der Waals surface area contributed by atoms with Crippen LogP contribution >= 0.6 is 0 Å². The van der Waals surface area contributed by atoms with Gasteiger partial charge in [-0.2, -0.15) is 0 Å². The van der Waals surface area contributed by atoms with Crippen molar-refractivity contribution in [2.24, 2.45) is 11.8 Å². The van der Waals surface area contributed by atoms with E-state index in [2.05, 4.69) is 24.5 Å². The van der Waals surface area contributed by atoms with Crippen LogP contribution in [0.25, 0.3) is 0 Å². The SMILES string of the molecule is CCC1CCC(NC(=O)CCCNC)C1C. The maximum absolute atomic E-state index is 11.7. The molecule has 0 spiro atoms. The van der Waals surface area contributed by atoms with Gasteiger partial charge in [-0.1, -0.05) is 20.3 Å². The van der Waals surface area contributed by atoms with Crippen LogP contribution < -0.4 is 10.6 Å². The first-order valence-electron chi connectivity index (χ1n) is 6.63. The molecule has 0 saturated heterocycles. The summed E-state index contributed by atoms with van der Waals surface area (Å²) in [7, 11) is 1.92. The predicted octanol–water partition coefficient (Wildman–Crippen LogP) is 1.93. The summed E-state index contributed by atoms with van der Waals surface area (Å²) in [6.45, 7) is 5.45. The highest BCUT2D eigenvalue weighted by molar-refractivity contribution is 5.76. The molecule has 1 amide bonds. The first kappa shape index (κ1) is 13.5. The van der Waals surface area contributed by atoms with Gasteiger partial charge < -0.3 is 10.6 Å². The Labute approximate surface area is 99.4 Å². The molecule has 0 aromatic heterocycles. The number of carbonyl (C=O) groups is 1. The van der Waals surface area contributed by atoms with Crippen LogP contribution in [0.15, 0.2) is 0 Å². The van der Waals surface area contributed by atoms with Gasteiger partial charge >= 0.3 is 0 Å². The van der Waals surface area contributed by atoms with Crippen molar-refractivity contribution in [2.45, 2.75) is 52.0 Å². The Kier molecular flexibility index (Phi) is 5.81. The molecule has 2 N–H and O–H groups in total. The van der Waals surface area contributed by atoms with E-state index in [1.807, 2.05) is 7.05 Å². The van der Waals surface area contributed by atoms with Crippen molar-refractivity contribution in [3.63, 3.8) is 0 Å². The van der Waals surface area contributed by atoms with Crippen molar-refractivity contribution in [1.82, 2.24) is 10.6 Å². The summed E-state index contributed by atoms with van der Waals surface area (Å²) < 4.78 is 0. The lowest BCUT2D eigenvalue weighted by Gasteiger charge is -2.21. The lowest BCUT2D eigenvalue weighted by Crippen LogP contribution is -2.37. The van der Waals surface area contributed by atoms with Crippen LogP contribution in [0.3, 0.4) is 0 Å². The molecule has 0 aromatic rings. The standard InChI is InChI=1S/C13H26N2O/c1-4-11-7-8-12(10(11)2)15-13(16)6-5-9-14-3/h10-12,14H,4-9H2,1-3H3,(H,15,16). The van der Waals surface area contributed by atoms with Gasteiger partial charge in [-0.25, -0.2) is 0 Å². The van der Waals surface area contributed by atoms with Gasteiger partial charge in [0.1, 0.15) is 0 Å². The quantitative estimate of drug-likeness (QED) is 0.679. The molecule has 0 radical (unpaired) electrons. The first-order valence-corrected chi connectivity index (χ1v) is 6.63. The van der Waals surface area contributed by atoms with Gasteiger partial charge in [0.2, 0.25) is 5.91 Å². The van der Waals surface area contributed by atoms with Gasteiger partial charge in [0.15, 0.2) is 0 Å². The highest BCUT2D eigenvalue weighted by Crippen LogP contribution is 2.33. The zero-order valence-corrected chi connectivity index (χ0v) is 10.9. The topological polar surface area (TPSA) is 41.1 Å². The minimum Gasteiger partial charge on any atom is -0.353 e. The fourth-order valence-electron chi connectivity index (χ4n) is 2.73. The molecule has 3 heteroatoms. The smallest absolute Gasteiger partial charge is 0.220 e. The fourth-order valence-corrected chi connectivity index (χ4v) is 2.73. The fraction of sp³-hybridized carbons (Fsp3) is 0.923. The van der Waals surface area contributed by atoms with E-state index in [1.54, 1.807) is 0 Å². The van der Waals surface area contributed by atoms with Gasteiger partial charge in [-0.3, -0.25) is 4.79 Å². The molecule has 1 saturated carbocycles. The molecule has 1 fully saturated rings. The van der Waals surface area contributed by atoms with Crippen molar-refractivity contribution >= 4 is 5.91 Å². The number of amides is 1. The monoisotopic (exact) mass is 226 g/mol. The lowest BCUT2D eigenvalue weighted by molar-refractivity contribution is -0.122. The summed E-state index contributed by atoms with van der Waals surface area (Å²) in [5, 5.41) is 6.25. The summed E-state index contributed by atoms with van der Waals surface area (Å²) >= 11 is 0. The third kappa shape index (κ3) is 3.78. The highest BCUT2D eigenvalue weighted by atomic mass is 16.1. The van der Waals surface area contributed by atoms with Gasteiger partial charge in [0.25, 0.3) is 0 Å². The largest absolute Gasteiger partial charge is 0.353 e. The van der Waals surface area contributed by atoms with E-state index in [0.29, 0.717) is 18.4 Å².